The number of benzene rings is 4. The van der Waals surface area contributed by atoms with Gasteiger partial charge in [0.05, 0.1) is 11.4 Å². The second-order valence-electron chi connectivity index (χ2n) is 9.39. The summed E-state index contributed by atoms with van der Waals surface area (Å²) < 4.78 is 15.0. The lowest BCUT2D eigenvalue weighted by atomic mass is 10.1. The van der Waals surface area contributed by atoms with Crippen molar-refractivity contribution < 1.29 is 9.47 Å². The fourth-order valence-corrected chi connectivity index (χ4v) is 4.67. The highest BCUT2D eigenvalue weighted by molar-refractivity contribution is 5.41. The van der Waals surface area contributed by atoms with Crippen LogP contribution in [0.4, 0.5) is 0 Å². The van der Waals surface area contributed by atoms with Crippen LogP contribution >= 0.6 is 0 Å². The van der Waals surface area contributed by atoms with Crippen LogP contribution in [0.3, 0.4) is 0 Å². The lowest BCUT2D eigenvalue weighted by molar-refractivity contribution is 0.313. The first-order chi connectivity index (χ1) is 18.7. The lowest BCUT2D eigenvalue weighted by Crippen LogP contribution is -2.24. The maximum atomic E-state index is 13.1. The van der Waals surface area contributed by atoms with E-state index < -0.39 is 0 Å². The zero-order valence-electron chi connectivity index (χ0n) is 20.9. The molecule has 4 aromatic carbocycles. The third kappa shape index (κ3) is 5.41. The number of aromatic nitrogens is 2. The molecular weight excluding hydrogens is 474 g/mol. The van der Waals surface area contributed by atoms with Gasteiger partial charge in [-0.25, -0.2) is 4.79 Å². The lowest BCUT2D eigenvalue weighted by Gasteiger charge is -2.09. The third-order valence-electron chi connectivity index (χ3n) is 6.78. The normalized spacial score (nSPS) is 16.2. The molecule has 1 heterocycles. The average molecular weight is 504 g/mol. The molecule has 6 rings (SSSR count). The number of hydrogen-bond acceptors (Lipinski definition) is 4. The fourth-order valence-electron chi connectivity index (χ4n) is 4.67. The molecule has 190 valence electrons. The second kappa shape index (κ2) is 10.8. The Balaban J connectivity index is 1.02. The van der Waals surface area contributed by atoms with E-state index in [9.17, 15) is 4.79 Å². The fraction of sp³-hybridized carbons (Fsp3) is 0.156. The minimum atomic E-state index is -0.142. The summed E-state index contributed by atoms with van der Waals surface area (Å²) in [6.45, 7) is 1.39. The summed E-state index contributed by atoms with van der Waals surface area (Å²) in [6, 6.07) is 35.9. The van der Waals surface area contributed by atoms with Crippen molar-refractivity contribution in [2.24, 2.45) is 0 Å². The largest absolute Gasteiger partial charge is 0.492 e. The molecule has 0 bridgehead atoms. The van der Waals surface area contributed by atoms with Gasteiger partial charge in [0, 0.05) is 30.9 Å². The van der Waals surface area contributed by atoms with E-state index in [0.717, 1.165) is 29.4 Å². The van der Waals surface area contributed by atoms with Crippen LogP contribution in [0, 0.1) is 0 Å². The van der Waals surface area contributed by atoms with Gasteiger partial charge in [-0.2, -0.15) is 0 Å². The SMILES string of the molecule is O=c1n(-c2ccc(OCCNC3CC3c3ccccc3)cc2)ccn1-c1ccc(Oc2ccccc2)cc1. The Bertz CT molecular complexity index is 1530. The molecule has 1 N–H and O–H groups in total. The Hall–Kier alpha value is -4.55. The Labute approximate surface area is 221 Å². The first-order valence-corrected chi connectivity index (χ1v) is 12.9. The molecule has 38 heavy (non-hydrogen) atoms. The van der Waals surface area contributed by atoms with Gasteiger partial charge >= 0.3 is 5.69 Å². The Morgan fingerprint density at radius 1 is 0.684 bits per heavy atom. The average Bonchev–Trinajstić information content (AvgIpc) is 3.65. The maximum Gasteiger partial charge on any atom is 0.337 e. The van der Waals surface area contributed by atoms with Crippen LogP contribution in [0.25, 0.3) is 11.4 Å². The van der Waals surface area contributed by atoms with Crippen molar-refractivity contribution in [3.8, 4) is 28.6 Å². The molecule has 0 saturated heterocycles. The molecule has 6 nitrogen and oxygen atoms in total. The van der Waals surface area contributed by atoms with E-state index in [1.54, 1.807) is 21.5 Å². The summed E-state index contributed by atoms with van der Waals surface area (Å²) in [5.74, 6) is 2.88. The zero-order chi connectivity index (χ0) is 25.7. The summed E-state index contributed by atoms with van der Waals surface area (Å²) >= 11 is 0. The Morgan fingerprint density at radius 2 is 1.24 bits per heavy atom. The van der Waals surface area contributed by atoms with Crippen LogP contribution in [0.15, 0.2) is 126 Å². The first-order valence-electron chi connectivity index (χ1n) is 12.9. The number of rotatable bonds is 10. The monoisotopic (exact) mass is 503 g/mol. The van der Waals surface area contributed by atoms with Gasteiger partial charge in [-0.05, 0) is 72.6 Å². The van der Waals surface area contributed by atoms with Gasteiger partial charge in [-0.1, -0.05) is 48.5 Å². The molecule has 0 spiro atoms. The van der Waals surface area contributed by atoms with E-state index in [-0.39, 0.29) is 5.69 Å². The van der Waals surface area contributed by atoms with Crippen LogP contribution in [0.5, 0.6) is 17.2 Å². The molecule has 2 unspecified atom stereocenters. The number of para-hydroxylation sites is 1. The number of nitrogens with zero attached hydrogens (tertiary/aromatic N) is 2. The summed E-state index contributed by atoms with van der Waals surface area (Å²) in [7, 11) is 0. The smallest absolute Gasteiger partial charge is 0.337 e. The predicted molar refractivity (Wildman–Crippen MR) is 149 cm³/mol. The summed E-state index contributed by atoms with van der Waals surface area (Å²) in [4.78, 5) is 13.1. The van der Waals surface area contributed by atoms with E-state index in [2.05, 4.69) is 35.6 Å². The van der Waals surface area contributed by atoms with Gasteiger partial charge in [-0.3, -0.25) is 9.13 Å². The number of nitrogens with one attached hydrogen (secondary N) is 1. The van der Waals surface area contributed by atoms with Gasteiger partial charge < -0.3 is 14.8 Å². The summed E-state index contributed by atoms with van der Waals surface area (Å²) in [5, 5.41) is 3.57. The molecule has 0 amide bonds. The highest BCUT2D eigenvalue weighted by atomic mass is 16.5. The predicted octanol–water partition coefficient (Wildman–Crippen LogP) is 5.95. The Kier molecular flexibility index (Phi) is 6.79. The summed E-state index contributed by atoms with van der Waals surface area (Å²) in [5.41, 5.74) is 2.82. The minimum absolute atomic E-state index is 0.142. The second-order valence-corrected chi connectivity index (χ2v) is 9.39. The minimum Gasteiger partial charge on any atom is -0.492 e. The molecule has 6 heteroatoms. The van der Waals surface area contributed by atoms with Crippen LogP contribution in [-0.2, 0) is 0 Å². The van der Waals surface area contributed by atoms with E-state index >= 15 is 0 Å². The van der Waals surface area contributed by atoms with Crippen molar-refractivity contribution in [1.82, 2.24) is 14.5 Å². The van der Waals surface area contributed by atoms with Crippen LogP contribution in [-0.4, -0.2) is 28.3 Å². The number of imidazole rings is 1. The molecule has 1 fully saturated rings. The van der Waals surface area contributed by atoms with Gasteiger partial charge in [0.2, 0.25) is 0 Å². The molecule has 5 aromatic rings. The quantitative estimate of drug-likeness (QED) is 0.240. The molecule has 1 aliphatic rings. The van der Waals surface area contributed by atoms with E-state index in [1.165, 1.54) is 12.0 Å². The van der Waals surface area contributed by atoms with E-state index in [1.807, 2.05) is 78.9 Å². The molecule has 1 aromatic heterocycles. The first kappa shape index (κ1) is 23.8. The highest BCUT2D eigenvalue weighted by Gasteiger charge is 2.37. The molecule has 0 aliphatic heterocycles. The van der Waals surface area contributed by atoms with E-state index in [0.29, 0.717) is 24.3 Å². The van der Waals surface area contributed by atoms with Crippen LogP contribution in [0.2, 0.25) is 0 Å². The highest BCUT2D eigenvalue weighted by Crippen LogP contribution is 2.40. The van der Waals surface area contributed by atoms with Crippen molar-refractivity contribution in [2.45, 2.75) is 18.4 Å². The van der Waals surface area contributed by atoms with Gasteiger partial charge in [-0.15, -0.1) is 0 Å². The van der Waals surface area contributed by atoms with E-state index in [4.69, 9.17) is 9.47 Å². The van der Waals surface area contributed by atoms with Crippen LogP contribution < -0.4 is 20.5 Å². The maximum absolute atomic E-state index is 13.1. The topological polar surface area (TPSA) is 57.4 Å². The van der Waals surface area contributed by atoms with Gasteiger partial charge in [0.25, 0.3) is 0 Å². The molecule has 1 saturated carbocycles. The van der Waals surface area contributed by atoms with Crippen molar-refractivity contribution in [3.05, 3.63) is 138 Å². The summed E-state index contributed by atoms with van der Waals surface area (Å²) in [6.07, 6.45) is 4.72. The molecular formula is C32H29N3O3. The third-order valence-corrected chi connectivity index (χ3v) is 6.78. The Morgan fingerprint density at radius 3 is 1.87 bits per heavy atom. The van der Waals surface area contributed by atoms with Crippen molar-refractivity contribution in [2.75, 3.05) is 13.2 Å². The number of ether oxygens (including phenoxy) is 2. The van der Waals surface area contributed by atoms with Gasteiger partial charge in [0.1, 0.15) is 23.9 Å². The molecule has 0 radical (unpaired) electrons. The van der Waals surface area contributed by atoms with Crippen molar-refractivity contribution >= 4 is 0 Å². The zero-order valence-corrected chi connectivity index (χ0v) is 20.9. The molecule has 2 atom stereocenters. The van der Waals surface area contributed by atoms with Crippen LogP contribution in [0.1, 0.15) is 17.9 Å². The van der Waals surface area contributed by atoms with Gasteiger partial charge in [0.15, 0.2) is 0 Å². The van der Waals surface area contributed by atoms with Crippen molar-refractivity contribution in [1.29, 1.82) is 0 Å². The van der Waals surface area contributed by atoms with Crippen molar-refractivity contribution in [3.63, 3.8) is 0 Å². The number of hydrogen-bond donors (Lipinski definition) is 1. The standard InChI is InChI=1S/C32H29N3O3/c36-32-34(20-21-35(32)26-13-17-29(18-14-26)38-28-9-5-2-6-10-28)25-11-15-27(16-12-25)37-22-19-33-31-23-30(31)24-7-3-1-4-8-24/h1-18,20-21,30-31,33H,19,22-23H2. The molecule has 1 aliphatic carbocycles.